The first kappa shape index (κ1) is 18.2. The molecule has 0 fully saturated rings. The number of benzene rings is 1. The second kappa shape index (κ2) is 7.22. The van der Waals surface area contributed by atoms with Gasteiger partial charge in [0.25, 0.3) is 0 Å². The minimum absolute atomic E-state index is 0.0388. The van der Waals surface area contributed by atoms with Crippen LogP contribution in [0, 0.1) is 11.3 Å². The second-order valence-corrected chi connectivity index (χ2v) is 7.26. The van der Waals surface area contributed by atoms with Crippen LogP contribution in [-0.2, 0) is 6.42 Å². The molecule has 0 aliphatic heterocycles. The molecule has 0 spiro atoms. The Balaban J connectivity index is 1.47. The van der Waals surface area contributed by atoms with E-state index in [9.17, 15) is 8.78 Å². The molecule has 1 aliphatic rings. The molecule has 5 rings (SSSR count). The van der Waals surface area contributed by atoms with Gasteiger partial charge < -0.3 is 5.32 Å². The number of aromatic nitrogens is 5. The van der Waals surface area contributed by atoms with E-state index >= 15 is 0 Å². The van der Waals surface area contributed by atoms with Crippen LogP contribution in [0.3, 0.4) is 0 Å². The standard InChI is InChI=1S/C21H17F2N7/c22-21(23)29-12-17(11-26-29)30-19-7-16(5-4-15(19)10-27-30)28-18-3-1-2-14-6-13(8-24)9-25-20(14)18/h4-7,9-12,18,21,28H,1-3H2. The van der Waals surface area contributed by atoms with Gasteiger partial charge >= 0.3 is 6.55 Å². The Morgan fingerprint density at radius 2 is 2.07 bits per heavy atom. The lowest BCUT2D eigenvalue weighted by molar-refractivity contribution is 0.0566. The molecule has 0 saturated heterocycles. The van der Waals surface area contributed by atoms with Gasteiger partial charge in [0.05, 0.1) is 41.4 Å². The number of hydrogen-bond donors (Lipinski definition) is 1. The smallest absolute Gasteiger partial charge is 0.333 e. The van der Waals surface area contributed by atoms with E-state index in [-0.39, 0.29) is 6.04 Å². The fourth-order valence-corrected chi connectivity index (χ4v) is 3.93. The van der Waals surface area contributed by atoms with Crippen LogP contribution in [0.2, 0.25) is 0 Å². The minimum Gasteiger partial charge on any atom is -0.377 e. The van der Waals surface area contributed by atoms with Crippen LogP contribution in [-0.4, -0.2) is 24.5 Å². The molecule has 7 nitrogen and oxygen atoms in total. The third-order valence-corrected chi connectivity index (χ3v) is 5.34. The molecule has 0 bridgehead atoms. The van der Waals surface area contributed by atoms with Crippen LogP contribution in [0.15, 0.2) is 49.1 Å². The van der Waals surface area contributed by atoms with E-state index in [0.29, 0.717) is 15.9 Å². The maximum absolute atomic E-state index is 12.9. The average molecular weight is 405 g/mol. The Kier molecular flexibility index (Phi) is 4.39. The van der Waals surface area contributed by atoms with E-state index in [1.807, 2.05) is 24.3 Å². The lowest BCUT2D eigenvalue weighted by atomic mass is 9.91. The Morgan fingerprint density at radius 3 is 2.87 bits per heavy atom. The van der Waals surface area contributed by atoms with Crippen LogP contribution >= 0.6 is 0 Å². The maximum atomic E-state index is 12.9. The van der Waals surface area contributed by atoms with Crippen molar-refractivity contribution in [2.45, 2.75) is 31.9 Å². The maximum Gasteiger partial charge on any atom is 0.333 e. The molecular weight excluding hydrogens is 388 g/mol. The lowest BCUT2D eigenvalue weighted by Gasteiger charge is -2.26. The van der Waals surface area contributed by atoms with Gasteiger partial charge in [0, 0.05) is 17.3 Å². The molecule has 30 heavy (non-hydrogen) atoms. The number of alkyl halides is 2. The topological polar surface area (TPSA) is 84.3 Å². The molecule has 1 aliphatic carbocycles. The first-order valence-corrected chi connectivity index (χ1v) is 9.58. The lowest BCUT2D eigenvalue weighted by Crippen LogP contribution is -2.19. The molecule has 9 heteroatoms. The van der Waals surface area contributed by atoms with Crippen molar-refractivity contribution in [3.8, 4) is 11.8 Å². The number of anilines is 1. The summed E-state index contributed by atoms with van der Waals surface area (Å²) in [6, 6.07) is 9.94. The van der Waals surface area contributed by atoms with Crippen molar-refractivity contribution in [1.82, 2.24) is 24.5 Å². The van der Waals surface area contributed by atoms with Gasteiger partial charge in [-0.1, -0.05) is 0 Å². The van der Waals surface area contributed by atoms with Gasteiger partial charge in [0.15, 0.2) is 0 Å². The number of halogens is 2. The van der Waals surface area contributed by atoms with Gasteiger partial charge in [-0.2, -0.15) is 24.2 Å². The first-order chi connectivity index (χ1) is 14.6. The predicted molar refractivity (Wildman–Crippen MR) is 106 cm³/mol. The number of pyridine rings is 1. The summed E-state index contributed by atoms with van der Waals surface area (Å²) in [5.74, 6) is 0. The molecular formula is C21H17F2N7. The van der Waals surface area contributed by atoms with Crippen molar-refractivity contribution in [2.75, 3.05) is 5.32 Å². The third kappa shape index (κ3) is 3.16. The number of hydrogen-bond acceptors (Lipinski definition) is 5. The van der Waals surface area contributed by atoms with Gasteiger partial charge in [-0.05, 0) is 49.1 Å². The second-order valence-electron chi connectivity index (χ2n) is 7.26. The number of fused-ring (bicyclic) bond motifs is 2. The summed E-state index contributed by atoms with van der Waals surface area (Å²) in [6.45, 7) is -2.70. The molecule has 0 radical (unpaired) electrons. The summed E-state index contributed by atoms with van der Waals surface area (Å²) in [6.07, 6.45) is 8.80. The third-order valence-electron chi connectivity index (χ3n) is 5.34. The summed E-state index contributed by atoms with van der Waals surface area (Å²) in [5.41, 5.74) is 4.78. The zero-order valence-electron chi connectivity index (χ0n) is 15.8. The van der Waals surface area contributed by atoms with Gasteiger partial charge in [-0.3, -0.25) is 4.98 Å². The van der Waals surface area contributed by atoms with Gasteiger partial charge in [-0.15, -0.1) is 0 Å². The molecule has 0 amide bonds. The summed E-state index contributed by atoms with van der Waals surface area (Å²) < 4.78 is 27.9. The van der Waals surface area contributed by atoms with Crippen molar-refractivity contribution in [2.24, 2.45) is 0 Å². The summed E-state index contributed by atoms with van der Waals surface area (Å²) in [5, 5.41) is 21.6. The van der Waals surface area contributed by atoms with E-state index in [1.54, 1.807) is 17.1 Å². The highest BCUT2D eigenvalue weighted by molar-refractivity contribution is 5.83. The van der Waals surface area contributed by atoms with E-state index in [2.05, 4.69) is 26.6 Å². The Bertz CT molecular complexity index is 1270. The normalized spacial score (nSPS) is 15.9. The van der Waals surface area contributed by atoms with E-state index in [4.69, 9.17) is 5.26 Å². The van der Waals surface area contributed by atoms with Crippen molar-refractivity contribution in [3.63, 3.8) is 0 Å². The number of nitriles is 1. The highest BCUT2D eigenvalue weighted by atomic mass is 19.3. The number of nitrogens with one attached hydrogen (secondary N) is 1. The molecule has 3 aromatic heterocycles. The zero-order valence-corrected chi connectivity index (χ0v) is 15.8. The van der Waals surface area contributed by atoms with Crippen LogP contribution in [0.1, 0.15) is 42.3 Å². The van der Waals surface area contributed by atoms with Crippen LogP contribution in [0.4, 0.5) is 14.5 Å². The van der Waals surface area contributed by atoms with E-state index in [1.165, 1.54) is 12.4 Å². The Hall–Kier alpha value is -3.80. The predicted octanol–water partition coefficient (Wildman–Crippen LogP) is 4.37. The fraction of sp³-hybridized carbons (Fsp3) is 0.238. The average Bonchev–Trinajstić information content (AvgIpc) is 3.40. The van der Waals surface area contributed by atoms with Crippen molar-refractivity contribution in [3.05, 3.63) is 65.9 Å². The molecule has 150 valence electrons. The van der Waals surface area contributed by atoms with E-state index in [0.717, 1.165) is 47.1 Å². The summed E-state index contributed by atoms with van der Waals surface area (Å²) in [7, 11) is 0. The number of nitrogens with zero attached hydrogens (tertiary/aromatic N) is 6. The Morgan fingerprint density at radius 1 is 1.17 bits per heavy atom. The summed E-state index contributed by atoms with van der Waals surface area (Å²) in [4.78, 5) is 4.52. The molecule has 1 N–H and O–H groups in total. The minimum atomic E-state index is -2.70. The highest BCUT2D eigenvalue weighted by Gasteiger charge is 2.22. The van der Waals surface area contributed by atoms with Gasteiger partial charge in [0.2, 0.25) is 0 Å². The van der Waals surface area contributed by atoms with Crippen molar-refractivity contribution < 1.29 is 8.78 Å². The highest BCUT2D eigenvalue weighted by Crippen LogP contribution is 2.32. The number of aryl methyl sites for hydroxylation is 1. The van der Waals surface area contributed by atoms with Crippen LogP contribution < -0.4 is 5.32 Å². The Labute approximate surface area is 170 Å². The quantitative estimate of drug-likeness (QED) is 0.545. The fourth-order valence-electron chi connectivity index (χ4n) is 3.93. The molecule has 1 unspecified atom stereocenters. The zero-order chi connectivity index (χ0) is 20.7. The summed E-state index contributed by atoms with van der Waals surface area (Å²) >= 11 is 0. The largest absolute Gasteiger partial charge is 0.377 e. The van der Waals surface area contributed by atoms with Crippen molar-refractivity contribution >= 4 is 16.6 Å². The molecule has 1 aromatic carbocycles. The van der Waals surface area contributed by atoms with Gasteiger partial charge in [0.1, 0.15) is 11.8 Å². The molecule has 4 aromatic rings. The van der Waals surface area contributed by atoms with E-state index < -0.39 is 6.55 Å². The molecule has 0 saturated carbocycles. The molecule has 1 atom stereocenters. The SMILES string of the molecule is N#Cc1cnc2c(c1)CCCC2Nc1ccc2cnn(-c3cnn(C(F)F)c3)c2c1. The van der Waals surface area contributed by atoms with Crippen molar-refractivity contribution in [1.29, 1.82) is 5.26 Å². The van der Waals surface area contributed by atoms with Crippen LogP contribution in [0.5, 0.6) is 0 Å². The monoisotopic (exact) mass is 405 g/mol. The van der Waals surface area contributed by atoms with Crippen LogP contribution in [0.25, 0.3) is 16.6 Å². The number of rotatable bonds is 4. The molecule has 3 heterocycles. The van der Waals surface area contributed by atoms with Gasteiger partial charge in [-0.25, -0.2) is 9.36 Å². The first-order valence-electron chi connectivity index (χ1n) is 9.58.